The molecule has 0 bridgehead atoms. The Morgan fingerprint density at radius 1 is 1.04 bits per heavy atom. The third-order valence-electron chi connectivity index (χ3n) is 5.50. The number of hydrogen-bond acceptors (Lipinski definition) is 3. The Bertz CT molecular complexity index is 843. The Balaban J connectivity index is 1.68. The summed E-state index contributed by atoms with van der Waals surface area (Å²) in [5, 5.41) is 3.04. The van der Waals surface area contributed by atoms with Crippen molar-refractivity contribution in [2.45, 2.75) is 44.4 Å². The SMILES string of the molecule is Cc1cc(F)ccc1NC(=O)C1(c2ccc3c(c2)OCO3)CCCCC1. The van der Waals surface area contributed by atoms with Crippen LogP contribution in [0, 0.1) is 12.7 Å². The van der Waals surface area contributed by atoms with E-state index in [9.17, 15) is 9.18 Å². The maximum Gasteiger partial charge on any atom is 0.235 e. The topological polar surface area (TPSA) is 47.6 Å². The van der Waals surface area contributed by atoms with Crippen LogP contribution >= 0.6 is 0 Å². The Morgan fingerprint density at radius 3 is 2.58 bits per heavy atom. The fourth-order valence-electron chi connectivity index (χ4n) is 4.01. The van der Waals surface area contributed by atoms with Gasteiger partial charge in [0, 0.05) is 5.69 Å². The lowest BCUT2D eigenvalue weighted by Crippen LogP contribution is -2.42. The highest BCUT2D eigenvalue weighted by Crippen LogP contribution is 2.44. The highest BCUT2D eigenvalue weighted by Gasteiger charge is 2.42. The summed E-state index contributed by atoms with van der Waals surface area (Å²) in [5.41, 5.74) is 1.73. The van der Waals surface area contributed by atoms with Gasteiger partial charge in [0.2, 0.25) is 12.7 Å². The van der Waals surface area contributed by atoms with Crippen molar-refractivity contribution in [1.29, 1.82) is 0 Å². The lowest BCUT2D eigenvalue weighted by molar-refractivity contribution is -0.122. The molecule has 4 nitrogen and oxygen atoms in total. The zero-order valence-electron chi connectivity index (χ0n) is 14.8. The van der Waals surface area contributed by atoms with Gasteiger partial charge in [0.05, 0.1) is 5.41 Å². The summed E-state index contributed by atoms with van der Waals surface area (Å²) in [6.45, 7) is 2.01. The van der Waals surface area contributed by atoms with E-state index in [2.05, 4.69) is 5.32 Å². The molecule has 26 heavy (non-hydrogen) atoms. The first kappa shape index (κ1) is 16.9. The summed E-state index contributed by atoms with van der Waals surface area (Å²) in [6.07, 6.45) is 4.72. The highest BCUT2D eigenvalue weighted by atomic mass is 19.1. The van der Waals surface area contributed by atoms with E-state index in [1.807, 2.05) is 18.2 Å². The molecule has 0 radical (unpaired) electrons. The summed E-state index contributed by atoms with van der Waals surface area (Å²) in [6, 6.07) is 10.2. The average Bonchev–Trinajstić information content (AvgIpc) is 3.12. The number of ether oxygens (including phenoxy) is 2. The molecule has 5 heteroatoms. The van der Waals surface area contributed by atoms with Crippen molar-refractivity contribution in [1.82, 2.24) is 0 Å². The number of nitrogens with one attached hydrogen (secondary N) is 1. The summed E-state index contributed by atoms with van der Waals surface area (Å²) >= 11 is 0. The lowest BCUT2D eigenvalue weighted by atomic mass is 9.68. The smallest absolute Gasteiger partial charge is 0.235 e. The number of anilines is 1. The minimum atomic E-state index is -0.597. The standard InChI is InChI=1S/C21H22FNO3/c1-14-11-16(22)6-7-17(14)23-20(24)21(9-3-2-4-10-21)15-5-8-18-19(12-15)26-13-25-18/h5-8,11-12H,2-4,9-10,13H2,1H3,(H,23,24). The average molecular weight is 355 g/mol. The molecule has 0 aromatic heterocycles. The predicted molar refractivity (Wildman–Crippen MR) is 97.1 cm³/mol. The zero-order valence-corrected chi connectivity index (χ0v) is 14.8. The van der Waals surface area contributed by atoms with E-state index >= 15 is 0 Å². The molecule has 136 valence electrons. The van der Waals surface area contributed by atoms with Crippen LogP contribution in [-0.4, -0.2) is 12.7 Å². The molecule has 0 spiro atoms. The molecule has 1 heterocycles. The molecule has 1 aliphatic heterocycles. The third-order valence-corrected chi connectivity index (χ3v) is 5.50. The Morgan fingerprint density at radius 2 is 1.81 bits per heavy atom. The number of hydrogen-bond donors (Lipinski definition) is 1. The number of halogens is 1. The lowest BCUT2D eigenvalue weighted by Gasteiger charge is -2.36. The second kappa shape index (κ2) is 6.63. The van der Waals surface area contributed by atoms with Gasteiger partial charge in [0.25, 0.3) is 0 Å². The van der Waals surface area contributed by atoms with Crippen LogP contribution in [0.3, 0.4) is 0 Å². The first-order chi connectivity index (χ1) is 12.6. The Labute approximate surface area is 152 Å². The largest absolute Gasteiger partial charge is 0.454 e. The van der Waals surface area contributed by atoms with Crippen LogP contribution in [-0.2, 0) is 10.2 Å². The number of aryl methyl sites for hydroxylation is 1. The van der Waals surface area contributed by atoms with Crippen molar-refractivity contribution in [2.75, 3.05) is 12.1 Å². The van der Waals surface area contributed by atoms with Gasteiger partial charge in [-0.3, -0.25) is 4.79 Å². The number of rotatable bonds is 3. The molecule has 1 N–H and O–H groups in total. The minimum absolute atomic E-state index is 0.0363. The fraction of sp³-hybridized carbons (Fsp3) is 0.381. The van der Waals surface area contributed by atoms with Crippen molar-refractivity contribution in [2.24, 2.45) is 0 Å². The van der Waals surface area contributed by atoms with Gasteiger partial charge in [-0.1, -0.05) is 25.3 Å². The second-order valence-corrected chi connectivity index (χ2v) is 7.12. The van der Waals surface area contributed by atoms with E-state index in [4.69, 9.17) is 9.47 Å². The van der Waals surface area contributed by atoms with Crippen molar-refractivity contribution in [3.63, 3.8) is 0 Å². The number of benzene rings is 2. The van der Waals surface area contributed by atoms with Crippen molar-refractivity contribution >= 4 is 11.6 Å². The van der Waals surface area contributed by atoms with Crippen LogP contribution in [0.2, 0.25) is 0 Å². The van der Waals surface area contributed by atoms with Gasteiger partial charge in [0.1, 0.15) is 5.82 Å². The van der Waals surface area contributed by atoms with Gasteiger partial charge in [0.15, 0.2) is 11.5 Å². The summed E-state index contributed by atoms with van der Waals surface area (Å²) in [7, 11) is 0. The van der Waals surface area contributed by atoms with Crippen molar-refractivity contribution in [3.05, 3.63) is 53.3 Å². The van der Waals surface area contributed by atoms with Gasteiger partial charge < -0.3 is 14.8 Å². The molecule has 1 fully saturated rings. The molecular formula is C21H22FNO3. The van der Waals surface area contributed by atoms with E-state index in [-0.39, 0.29) is 18.5 Å². The molecule has 4 rings (SSSR count). The van der Waals surface area contributed by atoms with Crippen LogP contribution in [0.5, 0.6) is 11.5 Å². The van der Waals surface area contributed by atoms with Crippen LogP contribution < -0.4 is 14.8 Å². The minimum Gasteiger partial charge on any atom is -0.454 e. The van der Waals surface area contributed by atoms with E-state index in [0.29, 0.717) is 11.4 Å². The maximum absolute atomic E-state index is 13.4. The van der Waals surface area contributed by atoms with Crippen LogP contribution in [0.15, 0.2) is 36.4 Å². The Hall–Kier alpha value is -2.56. The molecule has 1 aliphatic carbocycles. The molecular weight excluding hydrogens is 333 g/mol. The number of fused-ring (bicyclic) bond motifs is 1. The predicted octanol–water partition coefficient (Wildman–Crippen LogP) is 4.70. The van der Waals surface area contributed by atoms with E-state index < -0.39 is 5.41 Å². The van der Waals surface area contributed by atoms with Gasteiger partial charge in [-0.2, -0.15) is 0 Å². The first-order valence-corrected chi connectivity index (χ1v) is 9.06. The second-order valence-electron chi connectivity index (χ2n) is 7.12. The van der Waals surface area contributed by atoms with Crippen LogP contribution in [0.1, 0.15) is 43.2 Å². The number of carbonyl (C=O) groups is 1. The summed E-state index contributed by atoms with van der Waals surface area (Å²) in [4.78, 5) is 13.4. The van der Waals surface area contributed by atoms with Crippen LogP contribution in [0.4, 0.5) is 10.1 Å². The van der Waals surface area contributed by atoms with Gasteiger partial charge in [-0.05, 0) is 61.2 Å². The van der Waals surface area contributed by atoms with E-state index in [1.165, 1.54) is 12.1 Å². The molecule has 0 atom stereocenters. The number of amides is 1. The maximum atomic E-state index is 13.4. The molecule has 0 saturated heterocycles. The molecule has 1 saturated carbocycles. The molecule has 0 unspecified atom stereocenters. The highest BCUT2D eigenvalue weighted by molar-refractivity contribution is 6.00. The van der Waals surface area contributed by atoms with Gasteiger partial charge >= 0.3 is 0 Å². The van der Waals surface area contributed by atoms with E-state index in [1.54, 1.807) is 13.0 Å². The fourth-order valence-corrected chi connectivity index (χ4v) is 4.01. The third kappa shape index (κ3) is 2.91. The van der Waals surface area contributed by atoms with Crippen molar-refractivity contribution < 1.29 is 18.7 Å². The van der Waals surface area contributed by atoms with Gasteiger partial charge in [-0.15, -0.1) is 0 Å². The molecule has 2 aromatic carbocycles. The monoisotopic (exact) mass is 355 g/mol. The summed E-state index contributed by atoms with van der Waals surface area (Å²) in [5.74, 6) is 1.07. The zero-order chi connectivity index (χ0) is 18.1. The van der Waals surface area contributed by atoms with Crippen molar-refractivity contribution in [3.8, 4) is 11.5 Å². The van der Waals surface area contributed by atoms with E-state index in [0.717, 1.165) is 49.0 Å². The number of carbonyl (C=O) groups excluding carboxylic acids is 1. The quantitative estimate of drug-likeness (QED) is 0.868. The summed E-state index contributed by atoms with van der Waals surface area (Å²) < 4.78 is 24.3. The molecule has 2 aromatic rings. The van der Waals surface area contributed by atoms with Crippen LogP contribution in [0.25, 0.3) is 0 Å². The Kier molecular flexibility index (Phi) is 4.31. The molecule has 1 amide bonds. The normalized spacial score (nSPS) is 17.8. The first-order valence-electron chi connectivity index (χ1n) is 9.06. The van der Waals surface area contributed by atoms with Gasteiger partial charge in [-0.25, -0.2) is 4.39 Å². The molecule has 2 aliphatic rings.